The molecule has 11 heteroatoms. The van der Waals surface area contributed by atoms with Crippen LogP contribution in [0.15, 0.2) is 36.4 Å². The number of amides is 1. The molecule has 0 fully saturated rings. The second-order valence-corrected chi connectivity index (χ2v) is 6.11. The molecule has 0 saturated heterocycles. The summed E-state index contributed by atoms with van der Waals surface area (Å²) in [5.74, 6) is -0.447. The zero-order valence-electron chi connectivity index (χ0n) is 13.4. The molecule has 6 nitrogen and oxygen atoms in total. The molecule has 0 unspecified atom stereocenters. The van der Waals surface area contributed by atoms with E-state index in [0.717, 1.165) is 12.1 Å². The van der Waals surface area contributed by atoms with Gasteiger partial charge in [-0.2, -0.15) is 13.2 Å². The molecular weight excluding hydrogens is 410 g/mol. The van der Waals surface area contributed by atoms with Gasteiger partial charge in [0.15, 0.2) is 0 Å². The van der Waals surface area contributed by atoms with Crippen molar-refractivity contribution in [3.63, 3.8) is 0 Å². The van der Waals surface area contributed by atoms with Gasteiger partial charge in [-0.1, -0.05) is 23.2 Å². The fourth-order valence-electron chi connectivity index (χ4n) is 2.12. The normalized spacial score (nSPS) is 11.1. The number of nitrogens with one attached hydrogen (secondary N) is 2. The number of nitro benzene ring substituents is 1. The summed E-state index contributed by atoms with van der Waals surface area (Å²) in [4.78, 5) is 22.1. The number of carbonyl (C=O) groups is 1. The summed E-state index contributed by atoms with van der Waals surface area (Å²) < 4.78 is 38.0. The number of hydrogen-bond donors (Lipinski definition) is 2. The first-order chi connectivity index (χ1) is 12.6. The first-order valence-electron chi connectivity index (χ1n) is 7.42. The summed E-state index contributed by atoms with van der Waals surface area (Å²) in [6.07, 6.45) is -4.68. The predicted octanol–water partition coefficient (Wildman–Crippen LogP) is 4.76. The predicted molar refractivity (Wildman–Crippen MR) is 95.4 cm³/mol. The van der Waals surface area contributed by atoms with Gasteiger partial charge >= 0.3 is 6.18 Å². The van der Waals surface area contributed by atoms with Gasteiger partial charge in [-0.25, -0.2) is 0 Å². The standard InChI is InChI=1S/C16H12Cl2F3N3O3/c17-11-3-1-9(7-12(11)18)15(25)23-6-5-22-13-4-2-10(16(19,20)21)8-14(13)24(26)27/h1-4,7-8,22H,5-6H2,(H,23,25). The van der Waals surface area contributed by atoms with E-state index >= 15 is 0 Å². The lowest BCUT2D eigenvalue weighted by molar-refractivity contribution is -0.384. The van der Waals surface area contributed by atoms with Crippen LogP contribution in [0.4, 0.5) is 24.5 Å². The number of carbonyl (C=O) groups excluding carboxylic acids is 1. The molecular formula is C16H12Cl2F3N3O3. The van der Waals surface area contributed by atoms with E-state index in [1.807, 2.05) is 0 Å². The number of nitro groups is 1. The average Bonchev–Trinajstić information content (AvgIpc) is 2.59. The van der Waals surface area contributed by atoms with Crippen molar-refractivity contribution < 1.29 is 22.9 Å². The molecule has 0 aromatic heterocycles. The number of halogens is 5. The molecule has 0 bridgehead atoms. The minimum absolute atomic E-state index is 0.0548. The van der Waals surface area contributed by atoms with Gasteiger partial charge in [0.05, 0.1) is 20.5 Å². The third kappa shape index (κ3) is 5.48. The lowest BCUT2D eigenvalue weighted by Crippen LogP contribution is -2.28. The Labute approximate surface area is 161 Å². The Balaban J connectivity index is 1.97. The van der Waals surface area contributed by atoms with E-state index in [0.29, 0.717) is 11.1 Å². The summed E-state index contributed by atoms with van der Waals surface area (Å²) in [7, 11) is 0. The molecule has 0 saturated carbocycles. The van der Waals surface area contributed by atoms with Crippen molar-refractivity contribution in [1.82, 2.24) is 5.32 Å². The largest absolute Gasteiger partial charge is 0.416 e. The van der Waals surface area contributed by atoms with Crippen LogP contribution in [0.5, 0.6) is 0 Å². The fourth-order valence-corrected chi connectivity index (χ4v) is 2.42. The van der Waals surface area contributed by atoms with Crippen LogP contribution < -0.4 is 10.6 Å². The van der Waals surface area contributed by atoms with Gasteiger partial charge < -0.3 is 10.6 Å². The van der Waals surface area contributed by atoms with Crippen LogP contribution >= 0.6 is 23.2 Å². The maximum Gasteiger partial charge on any atom is 0.416 e. The molecule has 144 valence electrons. The molecule has 2 N–H and O–H groups in total. The zero-order chi connectivity index (χ0) is 20.2. The summed E-state index contributed by atoms with van der Waals surface area (Å²) in [5.41, 5.74) is -1.64. The third-order valence-electron chi connectivity index (χ3n) is 3.43. The van der Waals surface area contributed by atoms with Crippen molar-refractivity contribution >= 4 is 40.5 Å². The smallest absolute Gasteiger partial charge is 0.378 e. The summed E-state index contributed by atoms with van der Waals surface area (Å²) in [5, 5.41) is 16.7. The molecule has 0 atom stereocenters. The van der Waals surface area contributed by atoms with Gasteiger partial charge in [0.2, 0.25) is 0 Å². The van der Waals surface area contributed by atoms with Crippen molar-refractivity contribution in [3.8, 4) is 0 Å². The molecule has 0 aliphatic heterocycles. The number of rotatable bonds is 6. The Morgan fingerprint density at radius 3 is 2.37 bits per heavy atom. The van der Waals surface area contributed by atoms with Crippen LogP contribution in [0, 0.1) is 10.1 Å². The summed E-state index contributed by atoms with van der Waals surface area (Å²) >= 11 is 11.6. The maximum absolute atomic E-state index is 12.7. The highest BCUT2D eigenvalue weighted by atomic mass is 35.5. The van der Waals surface area contributed by atoms with E-state index in [2.05, 4.69) is 10.6 Å². The van der Waals surface area contributed by atoms with E-state index in [1.165, 1.54) is 18.2 Å². The van der Waals surface area contributed by atoms with E-state index in [1.54, 1.807) is 0 Å². The van der Waals surface area contributed by atoms with Gasteiger partial charge in [0, 0.05) is 24.7 Å². The Hall–Kier alpha value is -2.52. The van der Waals surface area contributed by atoms with Crippen LogP contribution in [0.2, 0.25) is 10.0 Å². The summed E-state index contributed by atoms with van der Waals surface area (Å²) in [6.45, 7) is 0.122. The lowest BCUT2D eigenvalue weighted by atomic mass is 10.1. The molecule has 1 amide bonds. The fraction of sp³-hybridized carbons (Fsp3) is 0.188. The first-order valence-corrected chi connectivity index (χ1v) is 8.18. The highest BCUT2D eigenvalue weighted by Crippen LogP contribution is 2.34. The van der Waals surface area contributed by atoms with Crippen LogP contribution in [0.25, 0.3) is 0 Å². The van der Waals surface area contributed by atoms with Crippen LogP contribution in [0.1, 0.15) is 15.9 Å². The second-order valence-electron chi connectivity index (χ2n) is 5.30. The quantitative estimate of drug-likeness (QED) is 0.400. The van der Waals surface area contributed by atoms with Crippen LogP contribution in [-0.2, 0) is 6.18 Å². The van der Waals surface area contributed by atoms with E-state index in [-0.39, 0.29) is 29.4 Å². The molecule has 0 spiro atoms. The highest BCUT2D eigenvalue weighted by Gasteiger charge is 2.32. The van der Waals surface area contributed by atoms with Gasteiger partial charge in [-0.05, 0) is 30.3 Å². The van der Waals surface area contributed by atoms with Crippen molar-refractivity contribution in [2.24, 2.45) is 0 Å². The molecule has 0 aliphatic rings. The van der Waals surface area contributed by atoms with Gasteiger partial charge in [-0.15, -0.1) is 0 Å². The van der Waals surface area contributed by atoms with E-state index in [9.17, 15) is 28.1 Å². The topological polar surface area (TPSA) is 84.3 Å². The number of hydrogen-bond acceptors (Lipinski definition) is 4. The minimum Gasteiger partial charge on any atom is -0.378 e. The molecule has 0 radical (unpaired) electrons. The Morgan fingerprint density at radius 1 is 1.07 bits per heavy atom. The van der Waals surface area contributed by atoms with Crippen molar-refractivity contribution in [2.75, 3.05) is 18.4 Å². The Kier molecular flexibility index (Phi) is 6.50. The van der Waals surface area contributed by atoms with E-state index < -0.39 is 28.3 Å². The molecule has 0 heterocycles. The van der Waals surface area contributed by atoms with Gasteiger partial charge in [0.25, 0.3) is 11.6 Å². The highest BCUT2D eigenvalue weighted by molar-refractivity contribution is 6.42. The number of anilines is 1. The average molecular weight is 422 g/mol. The summed E-state index contributed by atoms with van der Waals surface area (Å²) in [6, 6.07) is 6.48. The van der Waals surface area contributed by atoms with Crippen LogP contribution in [0.3, 0.4) is 0 Å². The number of alkyl halides is 3. The minimum atomic E-state index is -4.68. The molecule has 2 rings (SSSR count). The SMILES string of the molecule is O=C(NCCNc1ccc(C(F)(F)F)cc1[N+](=O)[O-])c1ccc(Cl)c(Cl)c1. The molecule has 2 aromatic carbocycles. The Morgan fingerprint density at radius 2 is 1.78 bits per heavy atom. The van der Waals surface area contributed by atoms with Crippen molar-refractivity contribution in [2.45, 2.75) is 6.18 Å². The van der Waals surface area contributed by atoms with Crippen LogP contribution in [-0.4, -0.2) is 23.9 Å². The zero-order valence-corrected chi connectivity index (χ0v) is 15.0. The molecule has 27 heavy (non-hydrogen) atoms. The monoisotopic (exact) mass is 421 g/mol. The van der Waals surface area contributed by atoms with E-state index in [4.69, 9.17) is 23.2 Å². The van der Waals surface area contributed by atoms with Crippen molar-refractivity contribution in [1.29, 1.82) is 0 Å². The second kappa shape index (κ2) is 8.45. The van der Waals surface area contributed by atoms with Gasteiger partial charge in [0.1, 0.15) is 5.69 Å². The first kappa shape index (κ1) is 20.8. The molecule has 0 aliphatic carbocycles. The third-order valence-corrected chi connectivity index (χ3v) is 4.17. The Bertz CT molecular complexity index is 876. The maximum atomic E-state index is 12.7. The number of nitrogens with zero attached hydrogens (tertiary/aromatic N) is 1. The lowest BCUT2D eigenvalue weighted by Gasteiger charge is -2.11. The number of benzene rings is 2. The van der Waals surface area contributed by atoms with Crippen molar-refractivity contribution in [3.05, 3.63) is 67.7 Å². The molecule has 2 aromatic rings. The van der Waals surface area contributed by atoms with Gasteiger partial charge in [-0.3, -0.25) is 14.9 Å².